The first-order valence-corrected chi connectivity index (χ1v) is 18.2. The molecule has 30 heavy (non-hydrogen) atoms. The summed E-state index contributed by atoms with van der Waals surface area (Å²) in [5, 5.41) is 0. The van der Waals surface area contributed by atoms with Gasteiger partial charge in [0.1, 0.15) is 0 Å². The van der Waals surface area contributed by atoms with Crippen LogP contribution in [0.4, 0.5) is 0 Å². The number of nitrogens with zero attached hydrogens (tertiary/aromatic N) is 3. The molecule has 4 unspecified atom stereocenters. The molecule has 0 spiro atoms. The molecule has 166 valence electrons. The lowest BCUT2D eigenvalue weighted by atomic mass is 9.91. The van der Waals surface area contributed by atoms with Gasteiger partial charge in [0.05, 0.1) is 6.10 Å². The molecule has 6 heteroatoms. The maximum absolute atomic E-state index is 6.96. The Kier molecular flexibility index (Phi) is 6.47. The van der Waals surface area contributed by atoms with Crippen LogP contribution >= 0.6 is 0 Å². The minimum atomic E-state index is -1.73. The lowest BCUT2D eigenvalue weighted by Gasteiger charge is -2.51. The maximum atomic E-state index is 6.96. The van der Waals surface area contributed by atoms with Crippen LogP contribution in [0.5, 0.6) is 0 Å². The van der Waals surface area contributed by atoms with Crippen molar-refractivity contribution in [2.24, 2.45) is 16.8 Å². The highest BCUT2D eigenvalue weighted by atomic mass is 28.4. The summed E-state index contributed by atoms with van der Waals surface area (Å²) in [6.45, 7) is 18.5. The van der Waals surface area contributed by atoms with E-state index >= 15 is 0 Å². The van der Waals surface area contributed by atoms with Crippen molar-refractivity contribution in [2.45, 2.75) is 69.6 Å². The van der Waals surface area contributed by atoms with Gasteiger partial charge in [0.15, 0.2) is 22.5 Å². The molecule has 4 atom stereocenters. The molecule has 0 aromatic heterocycles. The van der Waals surface area contributed by atoms with Crippen molar-refractivity contribution in [1.82, 2.24) is 9.47 Å². The lowest BCUT2D eigenvalue weighted by molar-refractivity contribution is 0.162. The van der Waals surface area contributed by atoms with Crippen molar-refractivity contribution < 1.29 is 4.43 Å². The van der Waals surface area contributed by atoms with Crippen LogP contribution in [0.1, 0.15) is 25.7 Å². The van der Waals surface area contributed by atoms with Crippen LogP contribution in [-0.4, -0.2) is 64.3 Å². The molecule has 1 saturated heterocycles. The van der Waals surface area contributed by atoms with Crippen molar-refractivity contribution in [2.75, 3.05) is 26.2 Å². The smallest absolute Gasteiger partial charge is 0.188 e. The first-order chi connectivity index (χ1) is 14.3. The minimum absolute atomic E-state index is 0.369. The summed E-state index contributed by atoms with van der Waals surface area (Å²) in [4.78, 5) is 7.58. The minimum Gasteiger partial charge on any atom is -0.414 e. The molecule has 2 heterocycles. The molecule has 0 aromatic carbocycles. The summed E-state index contributed by atoms with van der Waals surface area (Å²) < 4.78 is 9.74. The van der Waals surface area contributed by atoms with Gasteiger partial charge >= 0.3 is 0 Å². The quantitative estimate of drug-likeness (QED) is 0.397. The number of allylic oxidation sites excluding steroid dienone is 4. The summed E-state index contributed by atoms with van der Waals surface area (Å²) in [6.07, 6.45) is 16.6. The summed E-state index contributed by atoms with van der Waals surface area (Å²) in [5.74, 6) is 2.48. The Morgan fingerprint density at radius 2 is 1.83 bits per heavy atom. The number of fused-ring (bicyclic) bond motifs is 2. The van der Waals surface area contributed by atoms with Crippen molar-refractivity contribution in [3.8, 4) is 0 Å². The molecular weight excluding hydrogens is 402 g/mol. The van der Waals surface area contributed by atoms with E-state index in [4.69, 9.17) is 9.42 Å². The first-order valence-electron chi connectivity index (χ1n) is 12.0. The van der Waals surface area contributed by atoms with E-state index in [1.54, 1.807) is 0 Å². The van der Waals surface area contributed by atoms with Gasteiger partial charge in [-0.15, -0.1) is 6.58 Å². The molecule has 0 N–H and O–H groups in total. The molecule has 0 amide bonds. The topological polar surface area (TPSA) is 28.1 Å². The van der Waals surface area contributed by atoms with E-state index in [2.05, 4.69) is 66.5 Å². The van der Waals surface area contributed by atoms with E-state index < -0.39 is 16.6 Å². The number of aliphatic imine (C=N–C) groups is 1. The summed E-state index contributed by atoms with van der Waals surface area (Å²) in [6, 6.07) is 1.17. The van der Waals surface area contributed by atoms with E-state index in [0.717, 1.165) is 13.0 Å². The molecule has 1 saturated carbocycles. The Labute approximate surface area is 186 Å². The van der Waals surface area contributed by atoms with E-state index in [-0.39, 0.29) is 0 Å². The van der Waals surface area contributed by atoms with Gasteiger partial charge in [0, 0.05) is 32.1 Å². The van der Waals surface area contributed by atoms with Gasteiger partial charge in [-0.05, 0) is 56.3 Å². The fourth-order valence-corrected chi connectivity index (χ4v) is 12.2. The predicted molar refractivity (Wildman–Crippen MR) is 133 cm³/mol. The second-order valence-electron chi connectivity index (χ2n) is 10.7. The van der Waals surface area contributed by atoms with Gasteiger partial charge < -0.3 is 13.9 Å². The Balaban J connectivity index is 1.57. The second-order valence-corrected chi connectivity index (χ2v) is 19.5. The fraction of sp³-hybridized carbons (Fsp3) is 0.708. The van der Waals surface area contributed by atoms with Crippen LogP contribution in [-0.2, 0) is 4.43 Å². The standard InChI is InChI=1S/C24H41N3OSi2/c1-6-7-18-29(2,3)28-22-19-23(21-13-9-8-12-20(21)22)30(4,5)27-17-11-16-26-15-10-14-25-24(26)27/h6,8-9,12-13,20-23H,1,7,10-11,14-19H2,2-5H3. The third-order valence-electron chi connectivity index (χ3n) is 7.80. The van der Waals surface area contributed by atoms with Gasteiger partial charge in [0.2, 0.25) is 0 Å². The number of hydrogen-bond acceptors (Lipinski definition) is 4. The first kappa shape index (κ1) is 22.1. The Hall–Kier alpha value is -1.12. The number of guanidine groups is 1. The highest BCUT2D eigenvalue weighted by Gasteiger charge is 2.53. The predicted octanol–water partition coefficient (Wildman–Crippen LogP) is 5.26. The fourth-order valence-electron chi connectivity index (χ4n) is 6.16. The third kappa shape index (κ3) is 4.28. The number of rotatable bonds is 7. The molecule has 4 aliphatic rings. The van der Waals surface area contributed by atoms with Crippen molar-refractivity contribution in [3.05, 3.63) is 37.0 Å². The number of hydrogen-bond donors (Lipinski definition) is 0. The molecule has 2 aliphatic carbocycles. The van der Waals surface area contributed by atoms with Gasteiger partial charge in [-0.1, -0.05) is 43.5 Å². The second kappa shape index (κ2) is 8.79. The average molecular weight is 444 g/mol. The van der Waals surface area contributed by atoms with Crippen LogP contribution in [0.3, 0.4) is 0 Å². The summed E-state index contributed by atoms with van der Waals surface area (Å²) >= 11 is 0. The Morgan fingerprint density at radius 1 is 1.10 bits per heavy atom. The molecular formula is C24H41N3OSi2. The molecule has 0 bridgehead atoms. The third-order valence-corrected chi connectivity index (χ3v) is 14.5. The maximum Gasteiger partial charge on any atom is 0.188 e. The van der Waals surface area contributed by atoms with Crippen molar-refractivity contribution in [1.29, 1.82) is 0 Å². The Bertz CT molecular complexity index is 730. The van der Waals surface area contributed by atoms with E-state index in [0.29, 0.717) is 23.5 Å². The van der Waals surface area contributed by atoms with E-state index in [1.165, 1.54) is 50.9 Å². The highest BCUT2D eigenvalue weighted by molar-refractivity contribution is 6.78. The molecule has 4 nitrogen and oxygen atoms in total. The average Bonchev–Trinajstić information content (AvgIpc) is 3.10. The Morgan fingerprint density at radius 3 is 2.60 bits per heavy atom. The normalized spacial score (nSPS) is 31.4. The summed E-state index contributed by atoms with van der Waals surface area (Å²) in [7, 11) is -3.41. The van der Waals surface area contributed by atoms with E-state index in [1.807, 2.05) is 6.08 Å². The van der Waals surface area contributed by atoms with Crippen LogP contribution in [0.2, 0.25) is 37.8 Å². The van der Waals surface area contributed by atoms with E-state index in [9.17, 15) is 0 Å². The van der Waals surface area contributed by atoms with Crippen LogP contribution in [0, 0.1) is 11.8 Å². The highest BCUT2D eigenvalue weighted by Crippen LogP contribution is 2.52. The van der Waals surface area contributed by atoms with Gasteiger partial charge in [0.25, 0.3) is 0 Å². The SMILES string of the molecule is C=CCC[Si](C)(C)OC1CC([Si](C)(C)N2CCCN3CCCN=C32)C2C=CC=CC12. The zero-order valence-corrected chi connectivity index (χ0v) is 21.5. The molecule has 0 aromatic rings. The van der Waals surface area contributed by atoms with Gasteiger partial charge in [-0.3, -0.25) is 4.99 Å². The van der Waals surface area contributed by atoms with Gasteiger partial charge in [-0.25, -0.2) is 0 Å². The van der Waals surface area contributed by atoms with Crippen molar-refractivity contribution >= 4 is 22.5 Å². The zero-order valence-electron chi connectivity index (χ0n) is 19.5. The largest absolute Gasteiger partial charge is 0.414 e. The summed E-state index contributed by atoms with van der Waals surface area (Å²) in [5.41, 5.74) is 0.711. The molecule has 2 aliphatic heterocycles. The molecule has 2 fully saturated rings. The van der Waals surface area contributed by atoms with Crippen LogP contribution in [0.15, 0.2) is 42.0 Å². The van der Waals surface area contributed by atoms with Crippen LogP contribution < -0.4 is 0 Å². The van der Waals surface area contributed by atoms with Gasteiger partial charge in [-0.2, -0.15) is 0 Å². The monoisotopic (exact) mass is 443 g/mol. The lowest BCUT2D eigenvalue weighted by Crippen LogP contribution is -2.63. The molecule has 4 rings (SSSR count). The van der Waals surface area contributed by atoms with Crippen molar-refractivity contribution in [3.63, 3.8) is 0 Å². The van der Waals surface area contributed by atoms with Crippen LogP contribution in [0.25, 0.3) is 0 Å². The zero-order chi connectivity index (χ0) is 21.4. The molecule has 0 radical (unpaired) electrons.